The van der Waals surface area contributed by atoms with Gasteiger partial charge in [0, 0.05) is 5.69 Å². The monoisotopic (exact) mass is 502 g/mol. The van der Waals surface area contributed by atoms with Crippen molar-refractivity contribution in [2.45, 2.75) is 27.7 Å². The molecule has 7 heteroatoms. The molecule has 4 rings (SSSR count). The fourth-order valence-electron chi connectivity index (χ4n) is 3.71. The summed E-state index contributed by atoms with van der Waals surface area (Å²) in [5.74, 6) is 0.211. The van der Waals surface area contributed by atoms with Gasteiger partial charge in [-0.3, -0.25) is 14.5 Å². The number of anilines is 2. The highest BCUT2D eigenvalue weighted by molar-refractivity contribution is 8.27. The van der Waals surface area contributed by atoms with Crippen LogP contribution in [0.4, 0.5) is 11.4 Å². The molecule has 3 aromatic carbocycles. The van der Waals surface area contributed by atoms with Crippen LogP contribution in [0.5, 0.6) is 5.75 Å². The number of carbonyl (C=O) groups excluding carboxylic acids is 2. The van der Waals surface area contributed by atoms with Gasteiger partial charge in [-0.15, -0.1) is 0 Å². The van der Waals surface area contributed by atoms with Crippen molar-refractivity contribution in [2.75, 3.05) is 16.8 Å². The normalized spacial score (nSPS) is 14.5. The lowest BCUT2D eigenvalue weighted by Crippen LogP contribution is -2.28. The molecule has 1 aliphatic rings. The van der Waals surface area contributed by atoms with Gasteiger partial charge in [0.05, 0.1) is 10.6 Å². The molecule has 0 saturated carbocycles. The largest absolute Gasteiger partial charge is 0.484 e. The SMILES string of the molecule is Cc1ccc(N2C(=O)/C(=C\c3ccc(OCC(=O)Nc4ccc(C)c(C)c4)cc3)SC2=S)c(C)c1. The Morgan fingerprint density at radius 3 is 2.40 bits per heavy atom. The zero-order chi connectivity index (χ0) is 25.1. The second kappa shape index (κ2) is 10.5. The van der Waals surface area contributed by atoms with Crippen molar-refractivity contribution >= 4 is 57.6 Å². The fourth-order valence-corrected chi connectivity index (χ4v) is 4.99. The molecule has 5 nitrogen and oxygen atoms in total. The van der Waals surface area contributed by atoms with E-state index in [2.05, 4.69) is 5.32 Å². The number of ether oxygens (including phenoxy) is 1. The number of hydrogen-bond acceptors (Lipinski definition) is 5. The third kappa shape index (κ3) is 5.81. The van der Waals surface area contributed by atoms with Gasteiger partial charge in [-0.2, -0.15) is 0 Å². The molecule has 1 fully saturated rings. The summed E-state index contributed by atoms with van der Waals surface area (Å²) in [6.07, 6.45) is 1.82. The molecule has 1 aliphatic heterocycles. The molecule has 1 N–H and O–H groups in total. The molecule has 2 amide bonds. The standard InChI is InChI=1S/C28H26N2O3S2/c1-17-5-12-24(20(4)13-17)30-27(32)25(35-28(30)34)15-21-7-10-23(11-8-21)33-16-26(31)29-22-9-6-18(2)19(3)14-22/h5-15H,16H2,1-4H3,(H,29,31)/b25-15+. The first kappa shape index (κ1) is 24.7. The van der Waals surface area contributed by atoms with Gasteiger partial charge in [0.15, 0.2) is 10.9 Å². The minimum absolute atomic E-state index is 0.0964. The van der Waals surface area contributed by atoms with Crippen LogP contribution in [-0.4, -0.2) is 22.7 Å². The molecule has 0 spiro atoms. The predicted octanol–water partition coefficient (Wildman–Crippen LogP) is 6.34. The smallest absolute Gasteiger partial charge is 0.270 e. The van der Waals surface area contributed by atoms with E-state index in [1.165, 1.54) is 17.3 Å². The van der Waals surface area contributed by atoms with Gasteiger partial charge in [-0.05, 0) is 86.4 Å². The number of benzene rings is 3. The summed E-state index contributed by atoms with van der Waals surface area (Å²) >= 11 is 6.78. The minimum atomic E-state index is -0.229. The Kier molecular flexibility index (Phi) is 7.38. The molecule has 0 atom stereocenters. The molecule has 0 aromatic heterocycles. The molecule has 178 valence electrons. The van der Waals surface area contributed by atoms with Crippen LogP contribution in [0.3, 0.4) is 0 Å². The molecule has 0 bridgehead atoms. The van der Waals surface area contributed by atoms with E-state index < -0.39 is 0 Å². The van der Waals surface area contributed by atoms with Crippen LogP contribution >= 0.6 is 24.0 Å². The summed E-state index contributed by atoms with van der Waals surface area (Å²) < 4.78 is 6.14. The van der Waals surface area contributed by atoms with Gasteiger partial charge in [0.25, 0.3) is 11.8 Å². The highest BCUT2D eigenvalue weighted by Gasteiger charge is 2.34. The highest BCUT2D eigenvalue weighted by atomic mass is 32.2. The molecule has 3 aromatic rings. The number of nitrogens with zero attached hydrogens (tertiary/aromatic N) is 1. The molecular formula is C28H26N2O3S2. The number of hydrogen-bond donors (Lipinski definition) is 1. The Morgan fingerprint density at radius 1 is 0.971 bits per heavy atom. The molecule has 0 radical (unpaired) electrons. The Labute approximate surface area is 215 Å². The quantitative estimate of drug-likeness (QED) is 0.315. The summed E-state index contributed by atoms with van der Waals surface area (Å²) in [6, 6.07) is 19.0. The summed E-state index contributed by atoms with van der Waals surface area (Å²) in [5.41, 5.74) is 6.83. The first-order valence-corrected chi connectivity index (χ1v) is 12.4. The van der Waals surface area contributed by atoms with E-state index in [1.54, 1.807) is 17.0 Å². The van der Waals surface area contributed by atoms with Crippen LogP contribution < -0.4 is 15.0 Å². The lowest BCUT2D eigenvalue weighted by Gasteiger charge is -2.17. The zero-order valence-electron chi connectivity index (χ0n) is 20.0. The summed E-state index contributed by atoms with van der Waals surface area (Å²) in [7, 11) is 0. The van der Waals surface area contributed by atoms with Gasteiger partial charge >= 0.3 is 0 Å². The van der Waals surface area contributed by atoms with Crippen molar-refractivity contribution in [2.24, 2.45) is 0 Å². The summed E-state index contributed by atoms with van der Waals surface area (Å²) in [4.78, 5) is 27.5. The third-order valence-corrected chi connectivity index (χ3v) is 7.03. The molecule has 0 unspecified atom stereocenters. The highest BCUT2D eigenvalue weighted by Crippen LogP contribution is 2.37. The zero-order valence-corrected chi connectivity index (χ0v) is 21.7. The number of carbonyl (C=O) groups is 2. The van der Waals surface area contributed by atoms with Gasteiger partial charge in [0.1, 0.15) is 5.75 Å². The Bertz CT molecular complexity index is 1350. The van der Waals surface area contributed by atoms with Crippen LogP contribution in [0.15, 0.2) is 65.6 Å². The van der Waals surface area contributed by atoms with Crippen molar-refractivity contribution in [3.8, 4) is 5.75 Å². The lowest BCUT2D eigenvalue weighted by molar-refractivity contribution is -0.118. The van der Waals surface area contributed by atoms with Gasteiger partial charge < -0.3 is 10.1 Å². The van der Waals surface area contributed by atoms with E-state index in [-0.39, 0.29) is 18.4 Å². The minimum Gasteiger partial charge on any atom is -0.484 e. The average molecular weight is 503 g/mol. The maximum absolute atomic E-state index is 13.1. The van der Waals surface area contributed by atoms with Gasteiger partial charge in [0.2, 0.25) is 0 Å². The Hall–Kier alpha value is -3.42. The lowest BCUT2D eigenvalue weighted by atomic mass is 10.1. The second-order valence-electron chi connectivity index (χ2n) is 8.51. The first-order chi connectivity index (χ1) is 16.7. The number of thiocarbonyl (C=S) groups is 1. The number of amides is 2. The van der Waals surface area contributed by atoms with Crippen LogP contribution in [0.2, 0.25) is 0 Å². The number of aryl methyl sites for hydroxylation is 4. The topological polar surface area (TPSA) is 58.6 Å². The molecular weight excluding hydrogens is 476 g/mol. The van der Waals surface area contributed by atoms with Crippen LogP contribution in [-0.2, 0) is 9.59 Å². The number of nitrogens with one attached hydrogen (secondary N) is 1. The van der Waals surface area contributed by atoms with E-state index in [4.69, 9.17) is 17.0 Å². The predicted molar refractivity (Wildman–Crippen MR) is 148 cm³/mol. The maximum atomic E-state index is 13.1. The number of thioether (sulfide) groups is 1. The van der Waals surface area contributed by atoms with Crippen molar-refractivity contribution in [1.29, 1.82) is 0 Å². The van der Waals surface area contributed by atoms with E-state index in [0.29, 0.717) is 15.0 Å². The molecule has 1 saturated heterocycles. The maximum Gasteiger partial charge on any atom is 0.270 e. The van der Waals surface area contributed by atoms with E-state index in [9.17, 15) is 9.59 Å². The van der Waals surface area contributed by atoms with Crippen molar-refractivity contribution < 1.29 is 14.3 Å². The third-order valence-electron chi connectivity index (χ3n) is 5.73. The van der Waals surface area contributed by atoms with Gasteiger partial charge in [-0.25, -0.2) is 0 Å². The first-order valence-electron chi connectivity index (χ1n) is 11.2. The molecule has 0 aliphatic carbocycles. The van der Waals surface area contributed by atoms with Crippen molar-refractivity contribution in [1.82, 2.24) is 0 Å². The molecule has 1 heterocycles. The van der Waals surface area contributed by atoms with Crippen LogP contribution in [0, 0.1) is 27.7 Å². The summed E-state index contributed by atoms with van der Waals surface area (Å²) in [6.45, 7) is 7.93. The van der Waals surface area contributed by atoms with E-state index in [0.717, 1.165) is 33.6 Å². The Morgan fingerprint density at radius 2 is 1.71 bits per heavy atom. The van der Waals surface area contributed by atoms with Crippen molar-refractivity contribution in [3.05, 3.63) is 93.4 Å². The van der Waals surface area contributed by atoms with Crippen LogP contribution in [0.1, 0.15) is 27.8 Å². The average Bonchev–Trinajstić information content (AvgIpc) is 3.08. The summed E-state index contributed by atoms with van der Waals surface area (Å²) in [5, 5.41) is 2.84. The van der Waals surface area contributed by atoms with E-state index in [1.807, 2.05) is 82.3 Å². The fraction of sp³-hybridized carbons (Fsp3) is 0.179. The second-order valence-corrected chi connectivity index (χ2v) is 10.2. The van der Waals surface area contributed by atoms with Crippen LogP contribution in [0.25, 0.3) is 6.08 Å². The van der Waals surface area contributed by atoms with Crippen molar-refractivity contribution in [3.63, 3.8) is 0 Å². The van der Waals surface area contributed by atoms with E-state index >= 15 is 0 Å². The van der Waals surface area contributed by atoms with Gasteiger partial charge in [-0.1, -0.05) is 59.9 Å². The Balaban J connectivity index is 1.38. The number of rotatable bonds is 6. The molecule has 35 heavy (non-hydrogen) atoms.